The lowest BCUT2D eigenvalue weighted by Gasteiger charge is -2.34. The smallest absolute Gasteiger partial charge is 0.224 e. The maximum atomic E-state index is 11.2. The molecule has 2 fully saturated rings. The minimum atomic E-state index is -1.62. The highest BCUT2D eigenvalue weighted by molar-refractivity contribution is 5.83. The maximum absolute atomic E-state index is 11.2. The monoisotopic (exact) mass is 360 g/mol. The highest BCUT2D eigenvalue weighted by Crippen LogP contribution is 2.19. The third-order valence-corrected chi connectivity index (χ3v) is 4.24. The van der Waals surface area contributed by atoms with E-state index in [1.54, 1.807) is 9.80 Å². The lowest BCUT2D eigenvalue weighted by atomic mass is 10.0. The van der Waals surface area contributed by atoms with E-state index in [4.69, 9.17) is 10.2 Å². The Morgan fingerprint density at radius 3 is 1.64 bits per heavy atom. The van der Waals surface area contributed by atoms with E-state index in [1.807, 2.05) is 0 Å². The van der Waals surface area contributed by atoms with Crippen molar-refractivity contribution >= 4 is 17.6 Å². The van der Waals surface area contributed by atoms with E-state index in [1.165, 1.54) is 0 Å². The first kappa shape index (κ1) is 21.5. The van der Waals surface area contributed by atoms with Crippen LogP contribution in [0.25, 0.3) is 0 Å². The molecule has 2 rings (SSSR count). The molecule has 9 heteroatoms. The summed E-state index contributed by atoms with van der Waals surface area (Å²) in [4.78, 5) is 36.4. The fraction of sp³-hybridized carbons (Fsp3) is 0.812. The Hall–Kier alpha value is -1.55. The van der Waals surface area contributed by atoms with Gasteiger partial charge in [-0.15, -0.1) is 0 Å². The number of amides is 2. The summed E-state index contributed by atoms with van der Waals surface area (Å²) in [6.07, 6.45) is 1.60. The molecule has 0 atom stereocenters. The first-order valence-electron chi connectivity index (χ1n) is 8.53. The van der Waals surface area contributed by atoms with Crippen molar-refractivity contribution in [2.75, 3.05) is 39.4 Å². The fourth-order valence-corrected chi connectivity index (χ4v) is 2.63. The van der Waals surface area contributed by atoms with E-state index in [-0.39, 0.29) is 56.5 Å². The molecule has 0 aromatic carbocycles. The van der Waals surface area contributed by atoms with Crippen LogP contribution in [0.15, 0.2) is 0 Å². The molecule has 4 N–H and O–H groups in total. The van der Waals surface area contributed by atoms with Crippen LogP contribution in [0.5, 0.6) is 0 Å². The minimum absolute atomic E-state index is 0.0509. The number of likely N-dealkylation sites (tertiary alicyclic amines) is 2. The third-order valence-electron chi connectivity index (χ3n) is 4.24. The van der Waals surface area contributed by atoms with Crippen molar-refractivity contribution in [1.29, 1.82) is 0 Å². The van der Waals surface area contributed by atoms with Crippen LogP contribution in [0.1, 0.15) is 38.5 Å². The van der Waals surface area contributed by atoms with Gasteiger partial charge in [-0.2, -0.15) is 0 Å². The second-order valence-corrected chi connectivity index (χ2v) is 6.23. The highest BCUT2D eigenvalue weighted by atomic mass is 16.5. The third kappa shape index (κ3) is 7.91. The number of ketones is 1. The van der Waals surface area contributed by atoms with E-state index in [0.29, 0.717) is 39.0 Å². The number of Topliss-reactive ketones (excluding diaryl/α,β-unsaturated/α-hetero) is 1. The lowest BCUT2D eigenvalue weighted by molar-refractivity contribution is -0.190. The number of aliphatic hydroxyl groups excluding tert-OH is 2. The summed E-state index contributed by atoms with van der Waals surface area (Å²) < 4.78 is 0. The molecule has 0 aromatic rings. The van der Waals surface area contributed by atoms with Gasteiger partial charge in [0.2, 0.25) is 11.8 Å². The molecule has 0 aromatic heterocycles. The van der Waals surface area contributed by atoms with Crippen LogP contribution in [-0.2, 0) is 14.4 Å². The Labute approximate surface area is 146 Å². The maximum Gasteiger partial charge on any atom is 0.224 e. The molecule has 2 aliphatic heterocycles. The molecule has 0 aliphatic carbocycles. The summed E-state index contributed by atoms with van der Waals surface area (Å²) >= 11 is 0. The van der Waals surface area contributed by atoms with Gasteiger partial charge in [-0.25, -0.2) is 0 Å². The summed E-state index contributed by atoms with van der Waals surface area (Å²) in [5.74, 6) is -1.57. The number of piperidine rings is 2. The summed E-state index contributed by atoms with van der Waals surface area (Å²) in [7, 11) is 0. The van der Waals surface area contributed by atoms with E-state index in [9.17, 15) is 24.6 Å². The van der Waals surface area contributed by atoms with Crippen molar-refractivity contribution in [3.05, 3.63) is 0 Å². The molecule has 144 valence electrons. The molecular weight excluding hydrogens is 332 g/mol. The van der Waals surface area contributed by atoms with Crippen molar-refractivity contribution in [2.45, 2.75) is 44.3 Å². The van der Waals surface area contributed by atoms with Crippen LogP contribution >= 0.6 is 0 Å². The molecule has 2 saturated heterocycles. The molecule has 25 heavy (non-hydrogen) atoms. The average Bonchev–Trinajstić information content (AvgIpc) is 2.56. The number of rotatable bonds is 4. The van der Waals surface area contributed by atoms with Crippen LogP contribution in [0.3, 0.4) is 0 Å². The first-order chi connectivity index (χ1) is 11.8. The molecular formula is C16H28N2O7. The van der Waals surface area contributed by atoms with Crippen molar-refractivity contribution < 1.29 is 34.8 Å². The second kappa shape index (κ2) is 10.4. The number of hydrogen-bond donors (Lipinski definition) is 4. The van der Waals surface area contributed by atoms with Gasteiger partial charge in [0.05, 0.1) is 13.2 Å². The Kier molecular flexibility index (Phi) is 8.98. The lowest BCUT2D eigenvalue weighted by Crippen LogP contribution is -2.46. The number of carbonyl (C=O) groups is 3. The zero-order valence-corrected chi connectivity index (χ0v) is 14.4. The van der Waals surface area contributed by atoms with Crippen LogP contribution in [0, 0.1) is 0 Å². The number of aliphatic hydroxyl groups is 4. The van der Waals surface area contributed by atoms with Crippen LogP contribution in [0.4, 0.5) is 0 Å². The zero-order chi connectivity index (χ0) is 18.9. The molecule has 0 spiro atoms. The number of hydrogen-bond acceptors (Lipinski definition) is 7. The average molecular weight is 360 g/mol. The SMILES string of the molecule is O=C(CCO)N1CCC(O)(O)CC1.O=C1CCN(C(=O)CCO)CC1. The van der Waals surface area contributed by atoms with E-state index >= 15 is 0 Å². The number of carbonyl (C=O) groups excluding carboxylic acids is 3. The van der Waals surface area contributed by atoms with Crippen molar-refractivity contribution in [1.82, 2.24) is 9.80 Å². The van der Waals surface area contributed by atoms with Crippen molar-refractivity contribution in [2.24, 2.45) is 0 Å². The molecule has 0 radical (unpaired) electrons. The molecule has 2 heterocycles. The molecule has 0 saturated carbocycles. The Balaban J connectivity index is 0.000000251. The summed E-state index contributed by atoms with van der Waals surface area (Å²) in [6, 6.07) is 0. The standard InChI is InChI=1S/C8H15NO4.C8H13NO3/c10-6-1-7(11)9-4-2-8(12,13)3-5-9;10-6-3-8(12)9-4-1-7(11)2-5-9/h10,12-13H,1-6H2;10H,1-6H2. The fourth-order valence-electron chi connectivity index (χ4n) is 2.63. The minimum Gasteiger partial charge on any atom is -0.396 e. The summed E-state index contributed by atoms with van der Waals surface area (Å²) in [5, 5.41) is 35.4. The Morgan fingerprint density at radius 1 is 0.840 bits per heavy atom. The Morgan fingerprint density at radius 2 is 1.24 bits per heavy atom. The predicted molar refractivity (Wildman–Crippen MR) is 87.2 cm³/mol. The molecule has 2 aliphatic rings. The van der Waals surface area contributed by atoms with Crippen LogP contribution in [0.2, 0.25) is 0 Å². The van der Waals surface area contributed by atoms with Gasteiger partial charge in [0.15, 0.2) is 5.79 Å². The van der Waals surface area contributed by atoms with Gasteiger partial charge in [-0.1, -0.05) is 0 Å². The van der Waals surface area contributed by atoms with E-state index in [2.05, 4.69) is 0 Å². The highest BCUT2D eigenvalue weighted by Gasteiger charge is 2.31. The summed E-state index contributed by atoms with van der Waals surface area (Å²) in [6.45, 7) is 1.50. The van der Waals surface area contributed by atoms with Gasteiger partial charge in [-0.05, 0) is 0 Å². The quantitative estimate of drug-likeness (QED) is 0.435. The van der Waals surface area contributed by atoms with Gasteiger partial charge >= 0.3 is 0 Å². The summed E-state index contributed by atoms with van der Waals surface area (Å²) in [5.41, 5.74) is 0. The molecule has 2 amide bonds. The van der Waals surface area contributed by atoms with Gasteiger partial charge < -0.3 is 30.2 Å². The van der Waals surface area contributed by atoms with E-state index < -0.39 is 5.79 Å². The largest absolute Gasteiger partial charge is 0.396 e. The van der Waals surface area contributed by atoms with Gasteiger partial charge in [0, 0.05) is 64.7 Å². The first-order valence-corrected chi connectivity index (χ1v) is 8.53. The zero-order valence-electron chi connectivity index (χ0n) is 14.4. The predicted octanol–water partition coefficient (Wildman–Crippen LogP) is -1.77. The molecule has 9 nitrogen and oxygen atoms in total. The van der Waals surface area contributed by atoms with Gasteiger partial charge in [0.25, 0.3) is 0 Å². The van der Waals surface area contributed by atoms with Crippen molar-refractivity contribution in [3.8, 4) is 0 Å². The van der Waals surface area contributed by atoms with Crippen LogP contribution in [-0.4, -0.2) is 93.0 Å². The van der Waals surface area contributed by atoms with Crippen molar-refractivity contribution in [3.63, 3.8) is 0 Å². The second-order valence-electron chi connectivity index (χ2n) is 6.23. The Bertz CT molecular complexity index is 447. The molecule has 0 unspecified atom stereocenters. The molecule has 0 bridgehead atoms. The van der Waals surface area contributed by atoms with Gasteiger partial charge in [-0.3, -0.25) is 14.4 Å². The van der Waals surface area contributed by atoms with Gasteiger partial charge in [0.1, 0.15) is 5.78 Å². The van der Waals surface area contributed by atoms with E-state index in [0.717, 1.165) is 0 Å². The topological polar surface area (TPSA) is 139 Å². The normalized spacial score (nSPS) is 19.9. The number of nitrogens with zero attached hydrogens (tertiary/aromatic N) is 2. The van der Waals surface area contributed by atoms with Crippen LogP contribution < -0.4 is 0 Å².